The third kappa shape index (κ3) is 3.11. The Morgan fingerprint density at radius 1 is 1.38 bits per heavy atom. The number of hydrogen-bond acceptors (Lipinski definition) is 5. The Morgan fingerprint density at radius 2 is 2.25 bits per heavy atom. The number of carbonyl (C=O) groups excluding carboxylic acids is 1. The van der Waals surface area contributed by atoms with E-state index in [4.69, 9.17) is 8.83 Å². The van der Waals surface area contributed by atoms with E-state index in [1.807, 2.05) is 0 Å². The van der Waals surface area contributed by atoms with Crippen LogP contribution in [0.4, 0.5) is 10.5 Å². The van der Waals surface area contributed by atoms with Gasteiger partial charge in [-0.15, -0.1) is 0 Å². The van der Waals surface area contributed by atoms with E-state index in [0.29, 0.717) is 17.4 Å². The number of anilines is 1. The molecular weight excluding hydrogens is 310 g/mol. The fourth-order valence-electron chi connectivity index (χ4n) is 2.47. The number of aliphatic hydroxyl groups is 1. The number of amides is 2. The quantitative estimate of drug-likeness (QED) is 0.668. The highest BCUT2D eigenvalue weighted by molar-refractivity contribution is 5.91. The van der Waals surface area contributed by atoms with Crippen molar-refractivity contribution in [1.29, 1.82) is 0 Å². The lowest BCUT2D eigenvalue weighted by molar-refractivity contribution is 0.149. The highest BCUT2D eigenvalue weighted by atomic mass is 16.4. The summed E-state index contributed by atoms with van der Waals surface area (Å²) in [6.07, 6.45) is 2.84. The van der Waals surface area contributed by atoms with E-state index in [0.717, 1.165) is 29.8 Å². The number of carbonyl (C=O) groups is 1. The lowest BCUT2D eigenvalue weighted by Crippen LogP contribution is -2.32. The largest absolute Gasteiger partial charge is 0.467 e. The van der Waals surface area contributed by atoms with Crippen molar-refractivity contribution in [2.45, 2.75) is 24.9 Å². The predicted octanol–water partition coefficient (Wildman–Crippen LogP) is 3.15. The number of oxazole rings is 1. The van der Waals surface area contributed by atoms with E-state index in [-0.39, 0.29) is 6.54 Å². The number of fused-ring (bicyclic) bond motifs is 1. The summed E-state index contributed by atoms with van der Waals surface area (Å²) in [6.45, 7) is 0.0530. The lowest BCUT2D eigenvalue weighted by Gasteiger charge is -2.10. The second kappa shape index (κ2) is 6.01. The van der Waals surface area contributed by atoms with Crippen LogP contribution in [-0.4, -0.2) is 22.7 Å². The summed E-state index contributed by atoms with van der Waals surface area (Å²) in [5, 5.41) is 15.2. The van der Waals surface area contributed by atoms with E-state index in [1.54, 1.807) is 30.3 Å². The first kappa shape index (κ1) is 14.8. The summed E-state index contributed by atoms with van der Waals surface area (Å²) < 4.78 is 10.8. The second-order valence-electron chi connectivity index (χ2n) is 5.88. The highest BCUT2D eigenvalue weighted by Gasteiger charge is 2.28. The Morgan fingerprint density at radius 3 is 3.00 bits per heavy atom. The van der Waals surface area contributed by atoms with E-state index in [2.05, 4.69) is 15.6 Å². The Hall–Kier alpha value is -2.80. The van der Waals surface area contributed by atoms with Gasteiger partial charge in [-0.05, 0) is 43.2 Å². The molecule has 1 fully saturated rings. The van der Waals surface area contributed by atoms with Crippen molar-refractivity contribution < 1.29 is 18.7 Å². The number of furan rings is 1. The van der Waals surface area contributed by atoms with E-state index in [9.17, 15) is 9.90 Å². The van der Waals surface area contributed by atoms with Crippen molar-refractivity contribution in [2.75, 3.05) is 11.9 Å². The van der Waals surface area contributed by atoms with Crippen LogP contribution in [0.3, 0.4) is 0 Å². The van der Waals surface area contributed by atoms with Crippen LogP contribution in [0.2, 0.25) is 0 Å². The molecule has 1 aliphatic carbocycles. The molecule has 1 atom stereocenters. The standard InChI is InChI=1S/C17H17N3O4/c21-13(15-2-1-7-23-15)9-18-17(22)19-11-5-6-14-12(8-11)20-16(24-14)10-3-4-10/h1-2,5-8,10,13,21H,3-4,9H2,(H2,18,19,22). The van der Waals surface area contributed by atoms with Crippen molar-refractivity contribution in [1.82, 2.24) is 10.3 Å². The third-order valence-electron chi connectivity index (χ3n) is 3.92. The van der Waals surface area contributed by atoms with Gasteiger partial charge in [0.2, 0.25) is 0 Å². The van der Waals surface area contributed by atoms with Gasteiger partial charge in [0.05, 0.1) is 12.8 Å². The van der Waals surface area contributed by atoms with Gasteiger partial charge < -0.3 is 24.6 Å². The van der Waals surface area contributed by atoms with Crippen LogP contribution in [0, 0.1) is 0 Å². The number of nitrogens with one attached hydrogen (secondary N) is 2. The fourth-order valence-corrected chi connectivity index (χ4v) is 2.47. The van der Waals surface area contributed by atoms with Gasteiger partial charge in [-0.25, -0.2) is 9.78 Å². The number of nitrogens with zero attached hydrogens (tertiary/aromatic N) is 1. The topological polar surface area (TPSA) is 101 Å². The highest BCUT2D eigenvalue weighted by Crippen LogP contribution is 2.40. The van der Waals surface area contributed by atoms with Gasteiger partial charge in [0.25, 0.3) is 0 Å². The molecule has 24 heavy (non-hydrogen) atoms. The molecule has 7 nitrogen and oxygen atoms in total. The monoisotopic (exact) mass is 327 g/mol. The molecule has 0 radical (unpaired) electrons. The van der Waals surface area contributed by atoms with Crippen molar-refractivity contribution >= 4 is 22.8 Å². The number of hydrogen-bond donors (Lipinski definition) is 3. The van der Waals surface area contributed by atoms with E-state index in [1.165, 1.54) is 6.26 Å². The summed E-state index contributed by atoms with van der Waals surface area (Å²) in [5.74, 6) is 1.63. The van der Waals surface area contributed by atoms with Crippen LogP contribution in [0.5, 0.6) is 0 Å². The number of aromatic nitrogens is 1. The normalized spacial score (nSPS) is 15.4. The van der Waals surface area contributed by atoms with Crippen LogP contribution >= 0.6 is 0 Å². The smallest absolute Gasteiger partial charge is 0.319 e. The zero-order valence-electron chi connectivity index (χ0n) is 12.9. The molecule has 2 aromatic heterocycles. The third-order valence-corrected chi connectivity index (χ3v) is 3.92. The second-order valence-corrected chi connectivity index (χ2v) is 5.88. The molecule has 124 valence electrons. The Bertz CT molecular complexity index is 852. The van der Waals surface area contributed by atoms with E-state index >= 15 is 0 Å². The molecule has 0 bridgehead atoms. The minimum absolute atomic E-state index is 0.0530. The average Bonchev–Trinajstić information content (AvgIpc) is 3.11. The molecule has 7 heteroatoms. The van der Waals surface area contributed by atoms with Crippen molar-refractivity contribution in [3.8, 4) is 0 Å². The fraction of sp³-hybridized carbons (Fsp3) is 0.294. The summed E-state index contributed by atoms with van der Waals surface area (Å²) in [4.78, 5) is 16.4. The number of rotatable bonds is 5. The van der Waals surface area contributed by atoms with Gasteiger partial charge in [-0.2, -0.15) is 0 Å². The molecule has 4 rings (SSSR count). The molecule has 3 aromatic rings. The Balaban J connectivity index is 1.37. The summed E-state index contributed by atoms with van der Waals surface area (Å²) >= 11 is 0. The Kier molecular flexibility index (Phi) is 3.70. The number of aliphatic hydroxyl groups excluding tert-OH is 1. The van der Waals surface area contributed by atoms with Crippen molar-refractivity contribution in [3.05, 3.63) is 48.2 Å². The Labute approximate surface area is 137 Å². The first-order chi connectivity index (χ1) is 11.7. The molecule has 0 spiro atoms. The van der Waals surface area contributed by atoms with Crippen LogP contribution in [0.25, 0.3) is 11.1 Å². The van der Waals surface area contributed by atoms with Gasteiger partial charge in [0.15, 0.2) is 11.5 Å². The molecule has 0 saturated heterocycles. The lowest BCUT2D eigenvalue weighted by atomic mass is 10.2. The molecule has 1 aromatic carbocycles. The van der Waals surface area contributed by atoms with Crippen LogP contribution in [0.1, 0.15) is 36.5 Å². The maximum absolute atomic E-state index is 11.9. The molecule has 1 saturated carbocycles. The SMILES string of the molecule is O=C(NCC(O)c1ccco1)Nc1ccc2oc(C3CC3)nc2c1. The van der Waals surface area contributed by atoms with Crippen LogP contribution < -0.4 is 10.6 Å². The average molecular weight is 327 g/mol. The summed E-state index contributed by atoms with van der Waals surface area (Å²) in [5.41, 5.74) is 2.06. The zero-order valence-corrected chi connectivity index (χ0v) is 12.9. The first-order valence-electron chi connectivity index (χ1n) is 7.86. The molecule has 1 aliphatic rings. The van der Waals surface area contributed by atoms with Crippen molar-refractivity contribution in [3.63, 3.8) is 0 Å². The molecule has 1 unspecified atom stereocenters. The predicted molar refractivity (Wildman–Crippen MR) is 86.7 cm³/mol. The maximum Gasteiger partial charge on any atom is 0.319 e. The van der Waals surface area contributed by atoms with Gasteiger partial charge in [-0.1, -0.05) is 0 Å². The first-order valence-corrected chi connectivity index (χ1v) is 7.86. The van der Waals surface area contributed by atoms with Gasteiger partial charge in [-0.3, -0.25) is 0 Å². The van der Waals surface area contributed by atoms with Gasteiger partial charge in [0.1, 0.15) is 17.4 Å². The summed E-state index contributed by atoms with van der Waals surface area (Å²) in [6, 6.07) is 8.24. The van der Waals surface area contributed by atoms with Crippen molar-refractivity contribution in [2.24, 2.45) is 0 Å². The van der Waals surface area contributed by atoms with Gasteiger partial charge >= 0.3 is 6.03 Å². The summed E-state index contributed by atoms with van der Waals surface area (Å²) in [7, 11) is 0. The van der Waals surface area contributed by atoms with Crippen LogP contribution in [-0.2, 0) is 0 Å². The molecule has 2 heterocycles. The molecular formula is C17H17N3O4. The number of urea groups is 1. The molecule has 3 N–H and O–H groups in total. The van der Waals surface area contributed by atoms with Crippen LogP contribution in [0.15, 0.2) is 45.4 Å². The zero-order chi connectivity index (χ0) is 16.5. The molecule has 2 amide bonds. The van der Waals surface area contributed by atoms with E-state index < -0.39 is 12.1 Å². The molecule has 0 aliphatic heterocycles. The van der Waals surface area contributed by atoms with Gasteiger partial charge in [0, 0.05) is 11.6 Å². The number of benzene rings is 1. The minimum atomic E-state index is -0.884. The minimum Gasteiger partial charge on any atom is -0.467 e. The maximum atomic E-state index is 11.9.